The number of rotatable bonds is 2. The topological polar surface area (TPSA) is 68.5 Å². The van der Waals surface area contributed by atoms with Crippen molar-refractivity contribution < 1.29 is 9.53 Å². The highest BCUT2D eigenvalue weighted by atomic mass is 32.1. The lowest BCUT2D eigenvalue weighted by molar-refractivity contribution is -0.0438. The van der Waals surface area contributed by atoms with Crippen LogP contribution in [0, 0.1) is 0 Å². The number of carbonyl (C=O) groups is 1. The zero-order valence-corrected chi connectivity index (χ0v) is 13.1. The van der Waals surface area contributed by atoms with Gasteiger partial charge >= 0.3 is 0 Å². The lowest BCUT2D eigenvalue weighted by atomic mass is 9.94. The Labute approximate surface area is 127 Å². The summed E-state index contributed by atoms with van der Waals surface area (Å²) in [5, 5.41) is 0.907. The van der Waals surface area contributed by atoms with Crippen LogP contribution in [0.2, 0.25) is 0 Å². The highest BCUT2D eigenvalue weighted by Gasteiger charge is 2.34. The van der Waals surface area contributed by atoms with E-state index >= 15 is 0 Å². The van der Waals surface area contributed by atoms with Gasteiger partial charge in [-0.2, -0.15) is 0 Å². The van der Waals surface area contributed by atoms with E-state index in [0.29, 0.717) is 17.1 Å². The predicted molar refractivity (Wildman–Crippen MR) is 84.6 cm³/mol. The largest absolute Gasteiger partial charge is 0.397 e. The second kappa shape index (κ2) is 5.27. The highest BCUT2D eigenvalue weighted by molar-refractivity contribution is 7.21. The molecule has 0 spiro atoms. The van der Waals surface area contributed by atoms with Gasteiger partial charge in [0.15, 0.2) is 0 Å². The van der Waals surface area contributed by atoms with Crippen molar-refractivity contribution in [1.82, 2.24) is 9.88 Å². The number of fused-ring (bicyclic) bond motifs is 1. The van der Waals surface area contributed by atoms with Crippen molar-refractivity contribution in [2.45, 2.75) is 25.4 Å². The van der Waals surface area contributed by atoms with Crippen LogP contribution in [-0.2, 0) is 4.74 Å². The van der Waals surface area contributed by atoms with Gasteiger partial charge in [0.2, 0.25) is 0 Å². The van der Waals surface area contributed by atoms with Gasteiger partial charge in [0.1, 0.15) is 4.88 Å². The van der Waals surface area contributed by atoms with Crippen molar-refractivity contribution in [1.29, 1.82) is 0 Å². The fourth-order valence-electron chi connectivity index (χ4n) is 2.82. The lowest BCUT2D eigenvalue weighted by Gasteiger charge is -2.39. The third-order valence-corrected chi connectivity index (χ3v) is 5.31. The average molecular weight is 305 g/mol. The van der Waals surface area contributed by atoms with E-state index in [9.17, 15) is 4.79 Å². The molecule has 2 aromatic heterocycles. The monoisotopic (exact) mass is 305 g/mol. The van der Waals surface area contributed by atoms with Crippen LogP contribution in [0.25, 0.3) is 10.1 Å². The first kappa shape index (κ1) is 14.3. The summed E-state index contributed by atoms with van der Waals surface area (Å²) in [7, 11) is 1.70. The molecule has 1 saturated heterocycles. The molecular formula is C15H19N3O2S. The third kappa shape index (κ3) is 2.49. The smallest absolute Gasteiger partial charge is 0.266 e. The van der Waals surface area contributed by atoms with Crippen molar-refractivity contribution in [3.05, 3.63) is 23.3 Å². The highest BCUT2D eigenvalue weighted by Crippen LogP contribution is 2.35. The summed E-state index contributed by atoms with van der Waals surface area (Å²) in [5.41, 5.74) is 6.45. The molecule has 1 atom stereocenters. The molecule has 1 aliphatic heterocycles. The zero-order chi connectivity index (χ0) is 15.0. The first-order valence-corrected chi connectivity index (χ1v) is 7.82. The summed E-state index contributed by atoms with van der Waals surface area (Å²) in [6.07, 6.45) is 5.37. The standard InChI is InChI=1S/C15H19N3O2S/c1-15(20-2)5-3-7-18(9-15)14(19)13-12(16)10-4-6-17-8-11(10)21-13/h4,6,8H,3,5,7,9,16H2,1-2H3. The number of likely N-dealkylation sites (tertiary alicyclic amines) is 1. The molecule has 3 heterocycles. The number of anilines is 1. The molecule has 1 amide bonds. The molecule has 6 heteroatoms. The van der Waals surface area contributed by atoms with Gasteiger partial charge in [-0.05, 0) is 25.8 Å². The van der Waals surface area contributed by atoms with Crippen LogP contribution >= 0.6 is 11.3 Å². The maximum absolute atomic E-state index is 12.8. The van der Waals surface area contributed by atoms with Crippen LogP contribution in [0.5, 0.6) is 0 Å². The summed E-state index contributed by atoms with van der Waals surface area (Å²) >= 11 is 1.41. The van der Waals surface area contributed by atoms with Gasteiger partial charge in [0, 0.05) is 38.0 Å². The Morgan fingerprint density at radius 3 is 3.10 bits per heavy atom. The minimum Gasteiger partial charge on any atom is -0.397 e. The normalized spacial score (nSPS) is 22.7. The minimum atomic E-state index is -0.263. The second-order valence-electron chi connectivity index (χ2n) is 5.70. The molecule has 0 radical (unpaired) electrons. The number of hydrogen-bond acceptors (Lipinski definition) is 5. The van der Waals surface area contributed by atoms with E-state index in [0.717, 1.165) is 29.5 Å². The molecule has 0 saturated carbocycles. The fourth-order valence-corrected chi connectivity index (χ4v) is 3.88. The summed E-state index contributed by atoms with van der Waals surface area (Å²) in [4.78, 5) is 19.3. The zero-order valence-electron chi connectivity index (χ0n) is 12.3. The molecule has 0 aromatic carbocycles. The van der Waals surface area contributed by atoms with Gasteiger partial charge in [-0.25, -0.2) is 0 Å². The van der Waals surface area contributed by atoms with Crippen LogP contribution in [0.4, 0.5) is 5.69 Å². The first-order valence-electron chi connectivity index (χ1n) is 7.00. The fraction of sp³-hybridized carbons (Fsp3) is 0.467. The van der Waals surface area contributed by atoms with Gasteiger partial charge in [0.05, 0.1) is 16.0 Å². The number of aromatic nitrogens is 1. The van der Waals surface area contributed by atoms with E-state index in [1.807, 2.05) is 17.9 Å². The van der Waals surface area contributed by atoms with Gasteiger partial charge in [-0.1, -0.05) is 0 Å². The Kier molecular flexibility index (Phi) is 3.59. The van der Waals surface area contributed by atoms with E-state index in [1.54, 1.807) is 19.5 Å². The molecule has 2 N–H and O–H groups in total. The number of nitrogens with zero attached hydrogens (tertiary/aromatic N) is 2. The van der Waals surface area contributed by atoms with Gasteiger partial charge in [-0.3, -0.25) is 9.78 Å². The van der Waals surface area contributed by atoms with Crippen molar-refractivity contribution >= 4 is 33.0 Å². The van der Waals surface area contributed by atoms with Crippen LogP contribution < -0.4 is 5.73 Å². The maximum atomic E-state index is 12.8. The number of nitrogens with two attached hydrogens (primary N) is 1. The molecule has 112 valence electrons. The quantitative estimate of drug-likeness (QED) is 0.925. The lowest BCUT2D eigenvalue weighted by Crippen LogP contribution is -2.49. The van der Waals surface area contributed by atoms with Crippen molar-refractivity contribution in [2.24, 2.45) is 0 Å². The minimum absolute atomic E-state index is 0.00308. The Morgan fingerprint density at radius 1 is 1.57 bits per heavy atom. The average Bonchev–Trinajstić information content (AvgIpc) is 2.84. The van der Waals surface area contributed by atoms with Crippen molar-refractivity contribution in [3.8, 4) is 0 Å². The SMILES string of the molecule is COC1(C)CCCN(C(=O)c2sc3cnccc3c2N)C1. The second-order valence-corrected chi connectivity index (χ2v) is 6.75. The number of methoxy groups -OCH3 is 1. The van der Waals surface area contributed by atoms with Gasteiger partial charge in [0.25, 0.3) is 5.91 Å². The Morgan fingerprint density at radius 2 is 2.38 bits per heavy atom. The first-order chi connectivity index (χ1) is 10.0. The van der Waals surface area contributed by atoms with Crippen LogP contribution in [0.3, 0.4) is 0 Å². The van der Waals surface area contributed by atoms with E-state index in [1.165, 1.54) is 11.3 Å². The van der Waals surface area contributed by atoms with Crippen LogP contribution in [-0.4, -0.2) is 41.6 Å². The number of hydrogen-bond donors (Lipinski definition) is 1. The van der Waals surface area contributed by atoms with Crippen LogP contribution in [0.15, 0.2) is 18.5 Å². The summed E-state index contributed by atoms with van der Waals surface area (Å²) in [6.45, 7) is 3.41. The molecule has 0 bridgehead atoms. The van der Waals surface area contributed by atoms with E-state index < -0.39 is 0 Å². The molecule has 1 aliphatic rings. The number of ether oxygens (including phenoxy) is 1. The molecule has 21 heavy (non-hydrogen) atoms. The van der Waals surface area contributed by atoms with Crippen molar-refractivity contribution in [2.75, 3.05) is 25.9 Å². The third-order valence-electron chi connectivity index (χ3n) is 4.16. The summed E-state index contributed by atoms with van der Waals surface area (Å²) < 4.78 is 6.50. The summed E-state index contributed by atoms with van der Waals surface area (Å²) in [6, 6.07) is 1.85. The number of pyridine rings is 1. The maximum Gasteiger partial charge on any atom is 0.266 e. The molecule has 1 unspecified atom stereocenters. The van der Waals surface area contributed by atoms with Crippen molar-refractivity contribution in [3.63, 3.8) is 0 Å². The Bertz CT molecular complexity index is 685. The molecule has 5 nitrogen and oxygen atoms in total. The number of thiophene rings is 1. The summed E-state index contributed by atoms with van der Waals surface area (Å²) in [5.74, 6) is -0.00308. The molecular weight excluding hydrogens is 286 g/mol. The molecule has 3 rings (SSSR count). The van der Waals surface area contributed by atoms with Gasteiger partial charge in [-0.15, -0.1) is 11.3 Å². The molecule has 0 aliphatic carbocycles. The molecule has 1 fully saturated rings. The molecule has 2 aromatic rings. The number of piperidine rings is 1. The van der Waals surface area contributed by atoms with Gasteiger partial charge < -0.3 is 15.4 Å². The number of nitrogen functional groups attached to an aromatic ring is 1. The van der Waals surface area contributed by atoms with Crippen LogP contribution in [0.1, 0.15) is 29.4 Å². The Hall–Kier alpha value is -1.66. The van der Waals surface area contributed by atoms with E-state index in [4.69, 9.17) is 10.5 Å². The predicted octanol–water partition coefficient (Wildman–Crippen LogP) is 2.52. The number of carbonyl (C=O) groups excluding carboxylic acids is 1. The number of amides is 1. The van der Waals surface area contributed by atoms with E-state index in [2.05, 4.69) is 4.98 Å². The Balaban J connectivity index is 1.92. The van der Waals surface area contributed by atoms with E-state index in [-0.39, 0.29) is 11.5 Å².